The van der Waals surface area contributed by atoms with Gasteiger partial charge in [0.2, 0.25) is 0 Å². The highest BCUT2D eigenvalue weighted by atomic mass is 19.4. The van der Waals surface area contributed by atoms with Gasteiger partial charge in [-0.25, -0.2) is 24.3 Å². The van der Waals surface area contributed by atoms with Crippen molar-refractivity contribution in [3.05, 3.63) is 108 Å². The summed E-state index contributed by atoms with van der Waals surface area (Å²) in [4.78, 5) is 28.3. The van der Waals surface area contributed by atoms with Crippen LogP contribution in [-0.4, -0.2) is 43.7 Å². The zero-order valence-corrected chi connectivity index (χ0v) is 25.9. The molecule has 0 spiro atoms. The molecule has 1 fully saturated rings. The molecule has 1 saturated heterocycles. The number of halogens is 3. The van der Waals surface area contributed by atoms with Crippen LogP contribution in [0.25, 0.3) is 27.9 Å². The summed E-state index contributed by atoms with van der Waals surface area (Å²) in [5, 5.41) is 9.54. The molecule has 3 aromatic carbocycles. The molecular weight excluding hydrogens is 621 g/mol. The maximum absolute atomic E-state index is 13.5. The van der Waals surface area contributed by atoms with Crippen molar-refractivity contribution < 1.29 is 22.7 Å². The van der Waals surface area contributed by atoms with Crippen molar-refractivity contribution in [2.75, 3.05) is 28.6 Å². The molecule has 1 aliphatic heterocycles. The number of ether oxygens (including phenoxy) is 1. The number of fused-ring (bicyclic) bond motifs is 1. The molecule has 0 aliphatic carbocycles. The monoisotopic (exact) mass is 650 g/mol. The van der Waals surface area contributed by atoms with Crippen LogP contribution in [0.5, 0.6) is 11.8 Å². The summed E-state index contributed by atoms with van der Waals surface area (Å²) in [6.45, 7) is 5.85. The van der Waals surface area contributed by atoms with Crippen LogP contribution < -0.4 is 20.3 Å². The van der Waals surface area contributed by atoms with Gasteiger partial charge in [0.25, 0.3) is 0 Å². The number of nitrogens with zero attached hydrogens (tertiary/aromatic N) is 6. The van der Waals surface area contributed by atoms with Gasteiger partial charge in [-0.3, -0.25) is 0 Å². The first-order chi connectivity index (χ1) is 23.1. The smallest absolute Gasteiger partial charge is 0.416 e. The second kappa shape index (κ2) is 12.3. The van der Waals surface area contributed by atoms with E-state index in [1.54, 1.807) is 28.9 Å². The van der Waals surface area contributed by atoms with E-state index in [1.807, 2.05) is 50.4 Å². The Balaban J connectivity index is 1.02. The summed E-state index contributed by atoms with van der Waals surface area (Å²) >= 11 is 0. The van der Waals surface area contributed by atoms with Crippen LogP contribution >= 0.6 is 0 Å². The van der Waals surface area contributed by atoms with Crippen molar-refractivity contribution in [3.8, 4) is 34.0 Å². The molecule has 1 aliphatic rings. The molecule has 0 radical (unpaired) electrons. The fraction of sp³-hybridized carbons (Fsp3) is 0.171. The van der Waals surface area contributed by atoms with Crippen molar-refractivity contribution >= 4 is 28.9 Å². The lowest BCUT2D eigenvalue weighted by Crippen LogP contribution is -2.37. The Labute approximate surface area is 273 Å². The standard InChI is InChI=1S/C35H29F3N8O2/c1-21-4-5-24(16-22(21)2)28-11-8-25(35(36,37)38)17-30(28)43-33(47)42-26-18-39-34(40-19-26)48-27-9-6-23(7-10-27)29-20-41-46-15-12-31(44-32(29)46)45-13-3-14-45/h4-12,15-20H,3,13-14H2,1-2H3,(H2,42,43,47). The number of urea groups is 1. The minimum absolute atomic E-state index is 0.00591. The van der Waals surface area contributed by atoms with E-state index in [0.717, 1.165) is 65.4 Å². The topological polar surface area (TPSA) is 110 Å². The van der Waals surface area contributed by atoms with Crippen LogP contribution in [0.1, 0.15) is 23.1 Å². The zero-order chi connectivity index (χ0) is 33.4. The predicted octanol–water partition coefficient (Wildman–Crippen LogP) is 8.14. The summed E-state index contributed by atoms with van der Waals surface area (Å²) in [5.41, 5.74) is 5.04. The fourth-order valence-corrected chi connectivity index (χ4v) is 5.30. The molecule has 242 valence electrons. The first-order valence-electron chi connectivity index (χ1n) is 15.2. The van der Waals surface area contributed by atoms with Crippen LogP contribution in [0.3, 0.4) is 0 Å². The molecule has 13 heteroatoms. The molecule has 2 amide bonds. The maximum atomic E-state index is 13.5. The van der Waals surface area contributed by atoms with Crippen LogP contribution in [0.2, 0.25) is 0 Å². The minimum atomic E-state index is -4.58. The number of amides is 2. The summed E-state index contributed by atoms with van der Waals surface area (Å²) in [5.74, 6) is 1.42. The number of anilines is 3. The average Bonchev–Trinajstić information content (AvgIpc) is 3.46. The van der Waals surface area contributed by atoms with Crippen molar-refractivity contribution in [3.63, 3.8) is 0 Å². The Hall–Kier alpha value is -5.98. The highest BCUT2D eigenvalue weighted by molar-refractivity contribution is 6.02. The van der Waals surface area contributed by atoms with Gasteiger partial charge >= 0.3 is 18.2 Å². The van der Waals surface area contributed by atoms with E-state index < -0.39 is 17.8 Å². The minimum Gasteiger partial charge on any atom is -0.424 e. The fourth-order valence-electron chi connectivity index (χ4n) is 5.30. The van der Waals surface area contributed by atoms with Gasteiger partial charge in [0.05, 0.1) is 35.5 Å². The second-order valence-corrected chi connectivity index (χ2v) is 11.5. The van der Waals surface area contributed by atoms with Gasteiger partial charge < -0.3 is 20.3 Å². The summed E-state index contributed by atoms with van der Waals surface area (Å²) in [6.07, 6.45) is 2.95. The van der Waals surface area contributed by atoms with Gasteiger partial charge in [-0.1, -0.05) is 36.4 Å². The molecule has 0 bridgehead atoms. The summed E-state index contributed by atoms with van der Waals surface area (Å²) in [7, 11) is 0. The third-order valence-corrected chi connectivity index (χ3v) is 8.21. The predicted molar refractivity (Wildman–Crippen MR) is 176 cm³/mol. The van der Waals surface area contributed by atoms with Crippen molar-refractivity contribution in [2.24, 2.45) is 0 Å². The Kier molecular flexibility index (Phi) is 7.87. The average molecular weight is 651 g/mol. The number of carbonyl (C=O) groups is 1. The van der Waals surface area contributed by atoms with Gasteiger partial charge in [0.15, 0.2) is 5.65 Å². The Morgan fingerprint density at radius 2 is 1.58 bits per heavy atom. The van der Waals surface area contributed by atoms with E-state index in [-0.39, 0.29) is 17.4 Å². The third kappa shape index (κ3) is 6.34. The van der Waals surface area contributed by atoms with E-state index in [1.165, 1.54) is 18.5 Å². The first-order valence-corrected chi connectivity index (χ1v) is 15.2. The first kappa shape index (κ1) is 30.7. The molecule has 2 N–H and O–H groups in total. The molecule has 0 saturated carbocycles. The second-order valence-electron chi connectivity index (χ2n) is 11.5. The molecule has 7 rings (SSSR count). The van der Waals surface area contributed by atoms with Crippen molar-refractivity contribution in [2.45, 2.75) is 26.4 Å². The molecule has 10 nitrogen and oxygen atoms in total. The normalized spacial score (nSPS) is 12.9. The molecule has 48 heavy (non-hydrogen) atoms. The van der Waals surface area contributed by atoms with E-state index in [2.05, 4.69) is 30.6 Å². The summed E-state index contributed by atoms with van der Waals surface area (Å²) in [6, 6.07) is 17.4. The van der Waals surface area contributed by atoms with E-state index >= 15 is 0 Å². The molecule has 3 aromatic heterocycles. The maximum Gasteiger partial charge on any atom is 0.416 e. The number of nitrogens with one attached hydrogen (secondary N) is 2. The molecular formula is C35H29F3N8O2. The van der Waals surface area contributed by atoms with Crippen LogP contribution in [0.4, 0.5) is 35.2 Å². The number of rotatable bonds is 7. The number of benzene rings is 3. The number of hydrogen-bond donors (Lipinski definition) is 2. The third-order valence-electron chi connectivity index (χ3n) is 8.21. The largest absolute Gasteiger partial charge is 0.424 e. The van der Waals surface area contributed by atoms with Gasteiger partial charge in [-0.15, -0.1) is 0 Å². The van der Waals surface area contributed by atoms with Gasteiger partial charge in [0, 0.05) is 30.4 Å². The van der Waals surface area contributed by atoms with E-state index in [4.69, 9.17) is 9.72 Å². The van der Waals surface area contributed by atoms with E-state index in [9.17, 15) is 18.0 Å². The number of aromatic nitrogens is 5. The number of alkyl halides is 3. The number of aryl methyl sites for hydroxylation is 2. The van der Waals surface area contributed by atoms with Crippen LogP contribution in [0.15, 0.2) is 91.5 Å². The molecule has 0 unspecified atom stereocenters. The Morgan fingerprint density at radius 3 is 2.27 bits per heavy atom. The van der Waals surface area contributed by atoms with Crippen LogP contribution in [0, 0.1) is 13.8 Å². The Bertz CT molecular complexity index is 2130. The van der Waals surface area contributed by atoms with Gasteiger partial charge in [-0.05, 0) is 72.9 Å². The zero-order valence-electron chi connectivity index (χ0n) is 25.9. The highest BCUT2D eigenvalue weighted by Gasteiger charge is 2.31. The van der Waals surface area contributed by atoms with Gasteiger partial charge in [0.1, 0.15) is 11.6 Å². The SMILES string of the molecule is Cc1ccc(-c2ccc(C(F)(F)F)cc2NC(=O)Nc2cnc(Oc3ccc(-c4cnn5ccc(N6CCC6)nc45)cc3)nc2)cc1C. The van der Waals surface area contributed by atoms with Crippen molar-refractivity contribution in [1.29, 1.82) is 0 Å². The molecule has 0 atom stereocenters. The van der Waals surface area contributed by atoms with Crippen molar-refractivity contribution in [1.82, 2.24) is 24.6 Å². The number of carbonyl (C=O) groups excluding carboxylic acids is 1. The summed E-state index contributed by atoms with van der Waals surface area (Å²) < 4.78 is 48.1. The quantitative estimate of drug-likeness (QED) is 0.180. The lowest BCUT2D eigenvalue weighted by molar-refractivity contribution is -0.137. The Morgan fingerprint density at radius 1 is 0.833 bits per heavy atom. The lowest BCUT2D eigenvalue weighted by Gasteiger charge is -2.31. The highest BCUT2D eigenvalue weighted by Crippen LogP contribution is 2.37. The number of hydrogen-bond acceptors (Lipinski definition) is 7. The lowest BCUT2D eigenvalue weighted by atomic mass is 9.97. The van der Waals surface area contributed by atoms with E-state index in [0.29, 0.717) is 16.9 Å². The molecule has 4 heterocycles. The van der Waals surface area contributed by atoms with Crippen LogP contribution in [-0.2, 0) is 6.18 Å². The molecule has 6 aromatic rings. The van der Waals surface area contributed by atoms with Gasteiger partial charge in [-0.2, -0.15) is 18.3 Å².